The van der Waals surface area contributed by atoms with Gasteiger partial charge in [0.25, 0.3) is 0 Å². The predicted octanol–water partition coefficient (Wildman–Crippen LogP) is 2.27. The third-order valence-electron chi connectivity index (χ3n) is 2.58. The second-order valence-corrected chi connectivity index (χ2v) is 4.44. The largest absolute Gasteiger partial charge is 0.299 e. The first kappa shape index (κ1) is 11.0. The van der Waals surface area contributed by atoms with E-state index in [4.69, 9.17) is 5.32 Å². The zero-order chi connectivity index (χ0) is 9.68. The minimum atomic E-state index is 0.336. The van der Waals surface area contributed by atoms with E-state index in [0.29, 0.717) is 18.2 Å². The normalized spacial score (nSPS) is 22.2. The summed E-state index contributed by atoms with van der Waals surface area (Å²) >= 11 is 0. The van der Waals surface area contributed by atoms with E-state index >= 15 is 0 Å². The summed E-state index contributed by atoms with van der Waals surface area (Å²) in [7, 11) is 0. The molecule has 77 valence electrons. The highest BCUT2D eigenvalue weighted by Crippen LogP contribution is 2.18. The lowest BCUT2D eigenvalue weighted by atomic mass is 9.95. The molecule has 1 atom stereocenters. The highest BCUT2D eigenvalue weighted by molar-refractivity contribution is 4.74. The second kappa shape index (κ2) is 5.61. The maximum absolute atomic E-state index is 4.77. The molecule has 2 nitrogen and oxygen atoms in total. The molecule has 0 saturated heterocycles. The van der Waals surface area contributed by atoms with Crippen molar-refractivity contribution in [3.63, 3.8) is 0 Å². The molecule has 1 N–H and O–H groups in total. The zero-order valence-electron chi connectivity index (χ0n) is 9.21. The molecule has 1 saturated carbocycles. The summed E-state index contributed by atoms with van der Waals surface area (Å²) in [5.41, 5.74) is 0. The second-order valence-electron chi connectivity index (χ2n) is 4.44. The summed E-state index contributed by atoms with van der Waals surface area (Å²) in [6.07, 6.45) is 7.13. The van der Waals surface area contributed by atoms with Gasteiger partial charge < -0.3 is 0 Å². The van der Waals surface area contributed by atoms with E-state index in [2.05, 4.69) is 26.1 Å². The number of nitrogens with zero attached hydrogens (tertiary/aromatic N) is 1. The van der Waals surface area contributed by atoms with Crippen LogP contribution in [-0.4, -0.2) is 18.2 Å². The lowest BCUT2D eigenvalue weighted by Gasteiger charge is -2.26. The fourth-order valence-electron chi connectivity index (χ4n) is 2.07. The van der Waals surface area contributed by atoms with Gasteiger partial charge in [0.05, 0.1) is 6.17 Å². The van der Waals surface area contributed by atoms with Crippen LogP contribution in [0.15, 0.2) is 0 Å². The topological polar surface area (TPSA) is 26.1 Å². The smallest absolute Gasteiger partial charge is 0.0712 e. The van der Waals surface area contributed by atoms with Crippen LogP contribution in [0.1, 0.15) is 52.9 Å². The zero-order valence-corrected chi connectivity index (χ0v) is 9.21. The fourth-order valence-corrected chi connectivity index (χ4v) is 2.07. The van der Waals surface area contributed by atoms with E-state index < -0.39 is 0 Å². The first-order valence-electron chi connectivity index (χ1n) is 5.64. The van der Waals surface area contributed by atoms with Gasteiger partial charge in [0, 0.05) is 12.1 Å². The summed E-state index contributed by atoms with van der Waals surface area (Å²) in [4.78, 5) is 0. The summed E-state index contributed by atoms with van der Waals surface area (Å²) < 4.78 is 0. The van der Waals surface area contributed by atoms with Gasteiger partial charge in [0.1, 0.15) is 0 Å². The Kier molecular flexibility index (Phi) is 4.74. The van der Waals surface area contributed by atoms with Gasteiger partial charge in [-0.2, -0.15) is 0 Å². The quantitative estimate of drug-likeness (QED) is 0.711. The van der Waals surface area contributed by atoms with E-state index in [1.165, 1.54) is 32.1 Å². The molecule has 2 heteroatoms. The minimum absolute atomic E-state index is 0.336. The Balaban J connectivity index is 2.14. The molecule has 0 amide bonds. The Morgan fingerprint density at radius 2 is 1.69 bits per heavy atom. The third kappa shape index (κ3) is 4.63. The van der Waals surface area contributed by atoms with Gasteiger partial charge in [-0.05, 0) is 33.6 Å². The summed E-state index contributed by atoms with van der Waals surface area (Å²) in [5.74, 6) is 0. The highest BCUT2D eigenvalue weighted by atomic mass is 15.1. The van der Waals surface area contributed by atoms with Gasteiger partial charge in [0.15, 0.2) is 0 Å². The Morgan fingerprint density at radius 3 is 2.23 bits per heavy atom. The number of hydrogen-bond donors (Lipinski definition) is 1. The van der Waals surface area contributed by atoms with Crippen LogP contribution in [0.4, 0.5) is 0 Å². The van der Waals surface area contributed by atoms with Crippen LogP contribution >= 0.6 is 0 Å². The molecule has 0 aliphatic heterocycles. The van der Waals surface area contributed by atoms with Crippen molar-refractivity contribution in [3.8, 4) is 0 Å². The molecular weight excluding hydrogens is 160 g/mol. The molecular formula is C11H23N2. The molecule has 1 rings (SSSR count). The van der Waals surface area contributed by atoms with Crippen LogP contribution < -0.4 is 10.6 Å². The molecule has 1 radical (unpaired) electrons. The van der Waals surface area contributed by atoms with Crippen LogP contribution in [-0.2, 0) is 0 Å². The Labute approximate surface area is 82.5 Å². The van der Waals surface area contributed by atoms with Crippen molar-refractivity contribution in [1.82, 2.24) is 10.6 Å². The Morgan fingerprint density at radius 1 is 1.08 bits per heavy atom. The standard InChI is InChI=1S/C11H23N2/c1-9(2)12-10(3)13-11-7-5-4-6-8-11/h9-12H,4-8H2,1-3H3. The molecule has 0 aromatic heterocycles. The maximum Gasteiger partial charge on any atom is 0.0712 e. The summed E-state index contributed by atoms with van der Waals surface area (Å²) in [6.45, 7) is 6.51. The van der Waals surface area contributed by atoms with Crippen LogP contribution in [0.3, 0.4) is 0 Å². The molecule has 1 unspecified atom stereocenters. The Bertz CT molecular complexity index is 128. The maximum atomic E-state index is 4.77. The molecule has 0 heterocycles. The molecule has 13 heavy (non-hydrogen) atoms. The molecule has 1 aliphatic rings. The van der Waals surface area contributed by atoms with Crippen molar-refractivity contribution in [3.05, 3.63) is 0 Å². The van der Waals surface area contributed by atoms with Gasteiger partial charge in [-0.1, -0.05) is 19.3 Å². The van der Waals surface area contributed by atoms with Crippen molar-refractivity contribution in [2.24, 2.45) is 0 Å². The van der Waals surface area contributed by atoms with Crippen molar-refractivity contribution < 1.29 is 0 Å². The van der Waals surface area contributed by atoms with Crippen molar-refractivity contribution in [1.29, 1.82) is 0 Å². The molecule has 1 fully saturated rings. The van der Waals surface area contributed by atoms with Gasteiger partial charge >= 0.3 is 0 Å². The first-order valence-corrected chi connectivity index (χ1v) is 5.64. The van der Waals surface area contributed by atoms with E-state index in [9.17, 15) is 0 Å². The fraction of sp³-hybridized carbons (Fsp3) is 1.00. The minimum Gasteiger partial charge on any atom is -0.299 e. The predicted molar refractivity (Wildman–Crippen MR) is 56.7 cm³/mol. The number of hydrogen-bond acceptors (Lipinski definition) is 1. The van der Waals surface area contributed by atoms with Gasteiger partial charge in [0.2, 0.25) is 0 Å². The van der Waals surface area contributed by atoms with Crippen molar-refractivity contribution >= 4 is 0 Å². The van der Waals surface area contributed by atoms with Crippen LogP contribution in [0, 0.1) is 0 Å². The first-order chi connectivity index (χ1) is 6.18. The number of rotatable bonds is 4. The monoisotopic (exact) mass is 183 g/mol. The highest BCUT2D eigenvalue weighted by Gasteiger charge is 2.16. The Hall–Kier alpha value is -0.0800. The molecule has 0 bridgehead atoms. The molecule has 0 aromatic carbocycles. The van der Waals surface area contributed by atoms with Crippen LogP contribution in [0.5, 0.6) is 0 Å². The summed E-state index contributed by atoms with van der Waals surface area (Å²) in [6, 6.07) is 1.18. The van der Waals surface area contributed by atoms with Crippen LogP contribution in [0.2, 0.25) is 0 Å². The lowest BCUT2D eigenvalue weighted by molar-refractivity contribution is 0.301. The van der Waals surface area contributed by atoms with E-state index in [1.807, 2.05) is 0 Å². The number of nitrogens with one attached hydrogen (secondary N) is 1. The van der Waals surface area contributed by atoms with Crippen LogP contribution in [0.25, 0.3) is 0 Å². The van der Waals surface area contributed by atoms with E-state index in [-0.39, 0.29) is 0 Å². The summed E-state index contributed by atoms with van der Waals surface area (Å²) in [5, 5.41) is 8.19. The van der Waals surface area contributed by atoms with Crippen molar-refractivity contribution in [2.75, 3.05) is 0 Å². The lowest BCUT2D eigenvalue weighted by Crippen LogP contribution is -2.43. The third-order valence-corrected chi connectivity index (χ3v) is 2.58. The molecule has 1 aliphatic carbocycles. The molecule has 0 aromatic rings. The molecule has 0 spiro atoms. The van der Waals surface area contributed by atoms with Gasteiger partial charge in [-0.3, -0.25) is 5.32 Å². The van der Waals surface area contributed by atoms with E-state index in [0.717, 1.165) is 0 Å². The van der Waals surface area contributed by atoms with E-state index in [1.54, 1.807) is 0 Å². The average Bonchev–Trinajstić information content (AvgIpc) is 2.04. The SMILES string of the molecule is CC(C)NC(C)[N]C1CCCCC1. The van der Waals surface area contributed by atoms with Gasteiger partial charge in [-0.15, -0.1) is 0 Å². The van der Waals surface area contributed by atoms with Gasteiger partial charge in [-0.25, -0.2) is 5.32 Å². The average molecular weight is 183 g/mol. The van der Waals surface area contributed by atoms with Crippen molar-refractivity contribution in [2.45, 2.75) is 71.1 Å².